The minimum atomic E-state index is 0.227. The monoisotopic (exact) mass is 322 g/mol. The van der Waals surface area contributed by atoms with Crippen molar-refractivity contribution in [2.45, 2.75) is 19.3 Å². The van der Waals surface area contributed by atoms with Crippen LogP contribution in [0.2, 0.25) is 0 Å². The Hall–Kier alpha value is -1.28. The molecular formula is C13H18N6S2. The van der Waals surface area contributed by atoms with E-state index in [1.165, 1.54) is 17.8 Å². The lowest BCUT2D eigenvalue weighted by molar-refractivity contribution is 0.242. The zero-order valence-electron chi connectivity index (χ0n) is 11.5. The van der Waals surface area contributed by atoms with Gasteiger partial charge in [-0.15, -0.1) is 0 Å². The van der Waals surface area contributed by atoms with Crippen molar-refractivity contribution in [1.82, 2.24) is 10.9 Å². The molecule has 0 aliphatic heterocycles. The molecule has 4 fully saturated rings. The van der Waals surface area contributed by atoms with Gasteiger partial charge in [0, 0.05) is 23.3 Å². The summed E-state index contributed by atoms with van der Waals surface area (Å²) in [6, 6.07) is 0. The van der Waals surface area contributed by atoms with Gasteiger partial charge >= 0.3 is 0 Å². The number of hydrogen-bond acceptors (Lipinski definition) is 4. The predicted molar refractivity (Wildman–Crippen MR) is 89.5 cm³/mol. The van der Waals surface area contributed by atoms with Gasteiger partial charge in [0.05, 0.1) is 0 Å². The van der Waals surface area contributed by atoms with Crippen molar-refractivity contribution in [3.63, 3.8) is 0 Å². The number of rotatable bonds is 2. The smallest absolute Gasteiger partial charge is 0.184 e. The van der Waals surface area contributed by atoms with Crippen molar-refractivity contribution in [2.24, 2.45) is 57.2 Å². The van der Waals surface area contributed by atoms with Gasteiger partial charge in [-0.3, -0.25) is 10.9 Å². The van der Waals surface area contributed by atoms with Crippen LogP contribution in [0.15, 0.2) is 10.2 Å². The van der Waals surface area contributed by atoms with E-state index >= 15 is 0 Å². The molecule has 0 aromatic carbocycles. The standard InChI is InChI=1S/C13H18N6S2/c14-12(20)18-16-8-2-4-5-3-9(17-19-13(15)21)11-7(5)1-6(4)10(8)11/h4-7,10-11H,1-3H2,(H3,14,18,20)(H3,15,19,21)/b16-8+,17-9+/t4-,5-,6-,7-,10-,11-/m1/s1. The van der Waals surface area contributed by atoms with Gasteiger partial charge in [-0.25, -0.2) is 0 Å². The number of fused-ring (bicyclic) bond motifs is 2. The third-order valence-electron chi connectivity index (χ3n) is 5.78. The van der Waals surface area contributed by atoms with Crippen LogP contribution in [0.3, 0.4) is 0 Å². The average molecular weight is 322 g/mol. The molecule has 6 atom stereocenters. The third kappa shape index (κ3) is 1.88. The molecule has 0 aromatic rings. The molecule has 6 N–H and O–H groups in total. The topological polar surface area (TPSA) is 101 Å². The number of hydrogen-bond donors (Lipinski definition) is 4. The van der Waals surface area contributed by atoms with Crippen molar-refractivity contribution < 1.29 is 0 Å². The van der Waals surface area contributed by atoms with Crippen molar-refractivity contribution in [3.05, 3.63) is 0 Å². The molecule has 112 valence electrons. The molecule has 6 nitrogen and oxygen atoms in total. The van der Waals surface area contributed by atoms with Gasteiger partial charge in [0.1, 0.15) is 0 Å². The normalized spacial score (nSPS) is 45.5. The highest BCUT2D eigenvalue weighted by atomic mass is 32.1. The van der Waals surface area contributed by atoms with Gasteiger partial charge in [0.25, 0.3) is 0 Å². The molecule has 4 aliphatic rings. The summed E-state index contributed by atoms with van der Waals surface area (Å²) in [7, 11) is 0. The molecule has 0 radical (unpaired) electrons. The Labute approximate surface area is 133 Å². The van der Waals surface area contributed by atoms with Crippen LogP contribution >= 0.6 is 24.4 Å². The van der Waals surface area contributed by atoms with Crippen LogP contribution in [0.25, 0.3) is 0 Å². The maximum absolute atomic E-state index is 5.49. The Bertz CT molecular complexity index is 531. The first kappa shape index (κ1) is 13.4. The van der Waals surface area contributed by atoms with E-state index in [-0.39, 0.29) is 10.2 Å². The largest absolute Gasteiger partial charge is 0.375 e. The van der Waals surface area contributed by atoms with Crippen LogP contribution in [0.4, 0.5) is 0 Å². The van der Waals surface area contributed by atoms with E-state index in [0.717, 1.165) is 36.5 Å². The molecule has 0 unspecified atom stereocenters. The van der Waals surface area contributed by atoms with Crippen LogP contribution in [-0.4, -0.2) is 21.6 Å². The van der Waals surface area contributed by atoms with Gasteiger partial charge in [-0.2, -0.15) is 10.2 Å². The molecule has 4 aliphatic carbocycles. The highest BCUT2D eigenvalue weighted by molar-refractivity contribution is 7.80. The zero-order chi connectivity index (χ0) is 14.7. The minimum Gasteiger partial charge on any atom is -0.375 e. The fourth-order valence-corrected chi connectivity index (χ4v) is 5.51. The Morgan fingerprint density at radius 3 is 1.67 bits per heavy atom. The maximum atomic E-state index is 5.49. The number of nitrogens with one attached hydrogen (secondary N) is 2. The Morgan fingerprint density at radius 2 is 1.29 bits per heavy atom. The molecule has 8 heteroatoms. The van der Waals surface area contributed by atoms with Crippen molar-refractivity contribution in [1.29, 1.82) is 0 Å². The first-order chi connectivity index (χ1) is 10.1. The summed E-state index contributed by atoms with van der Waals surface area (Å²) in [6.45, 7) is 0. The number of hydrazone groups is 2. The predicted octanol–water partition coefficient (Wildman–Crippen LogP) is 0.287. The van der Waals surface area contributed by atoms with Crippen molar-refractivity contribution >= 4 is 46.1 Å². The minimum absolute atomic E-state index is 0.227. The molecule has 4 saturated carbocycles. The van der Waals surface area contributed by atoms with Gasteiger partial charge in [-0.05, 0) is 67.4 Å². The zero-order valence-corrected chi connectivity index (χ0v) is 13.1. The molecule has 0 heterocycles. The second-order valence-corrected chi connectivity index (χ2v) is 7.39. The summed E-state index contributed by atoms with van der Waals surface area (Å²) in [5, 5.41) is 9.39. The van der Waals surface area contributed by atoms with Crippen LogP contribution in [0.5, 0.6) is 0 Å². The van der Waals surface area contributed by atoms with Gasteiger partial charge in [-0.1, -0.05) is 0 Å². The summed E-state index contributed by atoms with van der Waals surface area (Å²) in [4.78, 5) is 0. The maximum Gasteiger partial charge on any atom is 0.184 e. The van der Waals surface area contributed by atoms with E-state index in [1.807, 2.05) is 0 Å². The van der Waals surface area contributed by atoms with Gasteiger partial charge < -0.3 is 11.5 Å². The van der Waals surface area contributed by atoms with E-state index in [0.29, 0.717) is 11.8 Å². The van der Waals surface area contributed by atoms with Crippen molar-refractivity contribution in [2.75, 3.05) is 0 Å². The van der Waals surface area contributed by atoms with E-state index in [2.05, 4.69) is 21.1 Å². The van der Waals surface area contributed by atoms with E-state index in [9.17, 15) is 0 Å². The van der Waals surface area contributed by atoms with E-state index in [4.69, 9.17) is 35.9 Å². The molecule has 0 saturated heterocycles. The van der Waals surface area contributed by atoms with Gasteiger partial charge in [0.2, 0.25) is 0 Å². The number of nitrogens with zero attached hydrogens (tertiary/aromatic N) is 2. The van der Waals surface area contributed by atoms with Crippen molar-refractivity contribution in [3.8, 4) is 0 Å². The summed E-state index contributed by atoms with van der Waals surface area (Å²) >= 11 is 9.70. The number of thiocarbonyl (C=S) groups is 2. The summed E-state index contributed by atoms with van der Waals surface area (Å²) < 4.78 is 0. The van der Waals surface area contributed by atoms with Gasteiger partial charge in [0.15, 0.2) is 10.2 Å². The summed E-state index contributed by atoms with van der Waals surface area (Å²) in [5.41, 5.74) is 18.9. The lowest BCUT2D eigenvalue weighted by Gasteiger charge is -2.24. The Morgan fingerprint density at radius 1 is 0.857 bits per heavy atom. The lowest BCUT2D eigenvalue weighted by atomic mass is 9.79. The second kappa shape index (κ2) is 4.61. The van der Waals surface area contributed by atoms with Crippen LogP contribution in [0, 0.1) is 35.5 Å². The number of nitrogens with two attached hydrogens (primary N) is 2. The van der Waals surface area contributed by atoms with E-state index < -0.39 is 0 Å². The Kier molecular flexibility index (Phi) is 2.94. The Balaban J connectivity index is 1.63. The molecule has 0 amide bonds. The average Bonchev–Trinajstić information content (AvgIpc) is 3.03. The molecule has 21 heavy (non-hydrogen) atoms. The third-order valence-corrected chi connectivity index (χ3v) is 5.96. The fourth-order valence-electron chi connectivity index (χ4n) is 5.42. The molecule has 0 aromatic heterocycles. The molecule has 4 rings (SSSR count). The van der Waals surface area contributed by atoms with Crippen LogP contribution < -0.4 is 22.3 Å². The molecular weight excluding hydrogens is 304 g/mol. The fraction of sp³-hybridized carbons (Fsp3) is 0.692. The summed E-state index contributed by atoms with van der Waals surface area (Å²) in [6.07, 6.45) is 3.47. The first-order valence-corrected chi connectivity index (χ1v) is 8.11. The van der Waals surface area contributed by atoms with Crippen LogP contribution in [0.1, 0.15) is 19.3 Å². The highest BCUT2D eigenvalue weighted by Crippen LogP contribution is 2.68. The molecule has 2 bridgehead atoms. The summed E-state index contributed by atoms with van der Waals surface area (Å²) in [5.74, 6) is 4.00. The van der Waals surface area contributed by atoms with Crippen LogP contribution in [-0.2, 0) is 0 Å². The molecule has 0 spiro atoms. The highest BCUT2D eigenvalue weighted by Gasteiger charge is 2.67. The quantitative estimate of drug-likeness (QED) is 0.430. The lowest BCUT2D eigenvalue weighted by Crippen LogP contribution is -2.31. The SMILES string of the molecule is NC(=S)N/N=C1\C[C@@H]2[C@H]3C/C(=N\NC(N)=S)[C@H]4[C@@H]3C[C@H]2[C@H]14. The second-order valence-electron chi connectivity index (χ2n) is 6.51. The first-order valence-electron chi connectivity index (χ1n) is 7.30. The van der Waals surface area contributed by atoms with E-state index in [1.54, 1.807) is 0 Å².